The lowest BCUT2D eigenvalue weighted by Crippen LogP contribution is -2.22. The molecule has 1 rings (SSSR count). The van der Waals surface area contributed by atoms with Crippen molar-refractivity contribution in [1.29, 1.82) is 0 Å². The first kappa shape index (κ1) is 18.7. The third kappa shape index (κ3) is 7.46. The summed E-state index contributed by atoms with van der Waals surface area (Å²) in [7, 11) is 0. The summed E-state index contributed by atoms with van der Waals surface area (Å²) in [6.07, 6.45) is 10.7. The monoisotopic (exact) mass is 353 g/mol. The second kappa shape index (κ2) is 11.3. The maximum absolute atomic E-state index is 3.73. The van der Waals surface area contributed by atoms with Crippen molar-refractivity contribution < 1.29 is 0 Å². The second-order valence-corrected chi connectivity index (χ2v) is 6.98. The predicted octanol–water partition coefficient (Wildman–Crippen LogP) is 6.55. The predicted molar refractivity (Wildman–Crippen MR) is 97.9 cm³/mol. The lowest BCUT2D eigenvalue weighted by atomic mass is 9.96. The summed E-state index contributed by atoms with van der Waals surface area (Å²) in [6.45, 7) is 7.85. The van der Waals surface area contributed by atoms with E-state index in [2.05, 4.69) is 60.2 Å². The van der Waals surface area contributed by atoms with Crippen molar-refractivity contribution in [2.24, 2.45) is 0 Å². The summed E-state index contributed by atoms with van der Waals surface area (Å²) >= 11 is 3.57. The summed E-state index contributed by atoms with van der Waals surface area (Å²) in [5, 5.41) is 3.73. The van der Waals surface area contributed by atoms with Crippen molar-refractivity contribution in [2.75, 3.05) is 6.54 Å². The molecule has 0 aromatic heterocycles. The third-order valence-corrected chi connectivity index (χ3v) is 4.59. The maximum atomic E-state index is 3.73. The minimum absolute atomic E-state index is 0.518. The van der Waals surface area contributed by atoms with E-state index in [1.165, 1.54) is 67.0 Å². The molecule has 120 valence electrons. The van der Waals surface area contributed by atoms with E-state index in [4.69, 9.17) is 0 Å². The van der Waals surface area contributed by atoms with Crippen LogP contribution in [0, 0.1) is 6.92 Å². The number of benzene rings is 1. The number of rotatable bonds is 11. The Labute approximate surface area is 140 Å². The third-order valence-electron chi connectivity index (χ3n) is 4.09. The molecule has 0 heterocycles. The van der Waals surface area contributed by atoms with Crippen LogP contribution in [0.2, 0.25) is 0 Å². The number of nitrogens with one attached hydrogen (secondary N) is 1. The minimum Gasteiger partial charge on any atom is -0.310 e. The van der Waals surface area contributed by atoms with Gasteiger partial charge in [-0.3, -0.25) is 0 Å². The zero-order valence-corrected chi connectivity index (χ0v) is 15.6. The van der Waals surface area contributed by atoms with Gasteiger partial charge in [-0.15, -0.1) is 0 Å². The molecule has 0 saturated carbocycles. The first-order valence-electron chi connectivity index (χ1n) is 8.68. The van der Waals surface area contributed by atoms with E-state index in [9.17, 15) is 0 Å². The van der Waals surface area contributed by atoms with Crippen LogP contribution in [0.1, 0.15) is 82.4 Å². The Hall–Kier alpha value is -0.340. The van der Waals surface area contributed by atoms with Crippen LogP contribution in [0.15, 0.2) is 22.7 Å². The van der Waals surface area contributed by atoms with Crippen molar-refractivity contribution in [3.05, 3.63) is 33.8 Å². The van der Waals surface area contributed by atoms with Gasteiger partial charge in [0, 0.05) is 10.5 Å². The molecule has 0 fully saturated rings. The molecule has 21 heavy (non-hydrogen) atoms. The number of unbranched alkanes of at least 4 members (excludes halogenated alkanes) is 5. The van der Waals surface area contributed by atoms with Crippen LogP contribution in [0.25, 0.3) is 0 Å². The van der Waals surface area contributed by atoms with Crippen molar-refractivity contribution in [2.45, 2.75) is 78.2 Å². The fraction of sp³-hybridized carbons (Fsp3) is 0.684. The largest absolute Gasteiger partial charge is 0.310 e. The van der Waals surface area contributed by atoms with E-state index in [1.807, 2.05) is 0 Å². The fourth-order valence-electron chi connectivity index (χ4n) is 2.84. The van der Waals surface area contributed by atoms with E-state index >= 15 is 0 Å². The average Bonchev–Trinajstić information content (AvgIpc) is 2.46. The standard InChI is InChI=1S/C19H32BrN/c1-4-6-7-8-9-10-11-19(21-14-5-2)18-13-12-17(20)15-16(18)3/h12-13,15,19,21H,4-11,14H2,1-3H3. The van der Waals surface area contributed by atoms with Gasteiger partial charge in [0.2, 0.25) is 0 Å². The first-order valence-corrected chi connectivity index (χ1v) is 9.47. The lowest BCUT2D eigenvalue weighted by molar-refractivity contribution is 0.465. The number of aryl methyl sites for hydroxylation is 1. The normalized spacial score (nSPS) is 12.6. The lowest BCUT2D eigenvalue weighted by Gasteiger charge is -2.21. The SMILES string of the molecule is CCCCCCCCC(NCCC)c1ccc(Br)cc1C. The van der Waals surface area contributed by atoms with Gasteiger partial charge < -0.3 is 5.32 Å². The van der Waals surface area contributed by atoms with Gasteiger partial charge in [0.25, 0.3) is 0 Å². The first-order chi connectivity index (χ1) is 10.2. The van der Waals surface area contributed by atoms with Crippen LogP contribution in [-0.2, 0) is 0 Å². The molecule has 0 spiro atoms. The number of hydrogen-bond donors (Lipinski definition) is 1. The molecular weight excluding hydrogens is 322 g/mol. The molecule has 0 radical (unpaired) electrons. The molecule has 0 bridgehead atoms. The zero-order chi connectivity index (χ0) is 15.5. The molecule has 1 N–H and O–H groups in total. The molecule has 1 atom stereocenters. The van der Waals surface area contributed by atoms with E-state index < -0.39 is 0 Å². The Morgan fingerprint density at radius 1 is 1.00 bits per heavy atom. The summed E-state index contributed by atoms with van der Waals surface area (Å²) in [4.78, 5) is 0. The maximum Gasteiger partial charge on any atom is 0.0322 e. The highest BCUT2D eigenvalue weighted by Crippen LogP contribution is 2.26. The Morgan fingerprint density at radius 2 is 1.71 bits per heavy atom. The van der Waals surface area contributed by atoms with Gasteiger partial charge in [0.15, 0.2) is 0 Å². The van der Waals surface area contributed by atoms with Gasteiger partial charge in [0.05, 0.1) is 0 Å². The van der Waals surface area contributed by atoms with Gasteiger partial charge >= 0.3 is 0 Å². The van der Waals surface area contributed by atoms with Crippen LogP contribution >= 0.6 is 15.9 Å². The molecule has 1 unspecified atom stereocenters. The molecule has 0 aliphatic heterocycles. The molecule has 1 aromatic rings. The molecule has 0 aliphatic carbocycles. The van der Waals surface area contributed by atoms with Gasteiger partial charge in [-0.2, -0.15) is 0 Å². The number of hydrogen-bond acceptors (Lipinski definition) is 1. The highest BCUT2D eigenvalue weighted by molar-refractivity contribution is 9.10. The Morgan fingerprint density at radius 3 is 2.38 bits per heavy atom. The average molecular weight is 354 g/mol. The van der Waals surface area contributed by atoms with Crippen LogP contribution in [-0.4, -0.2) is 6.54 Å². The quantitative estimate of drug-likeness (QED) is 0.444. The molecule has 2 heteroatoms. The van der Waals surface area contributed by atoms with Gasteiger partial charge in [-0.1, -0.05) is 74.4 Å². The summed E-state index contributed by atoms with van der Waals surface area (Å²) < 4.78 is 1.18. The Balaban J connectivity index is 2.50. The van der Waals surface area contributed by atoms with Gasteiger partial charge in [-0.25, -0.2) is 0 Å². The Kier molecular flexibility index (Phi) is 10.0. The van der Waals surface area contributed by atoms with E-state index in [0.717, 1.165) is 6.54 Å². The fourth-order valence-corrected chi connectivity index (χ4v) is 3.32. The smallest absolute Gasteiger partial charge is 0.0322 e. The van der Waals surface area contributed by atoms with E-state index in [-0.39, 0.29) is 0 Å². The Bertz CT molecular complexity index is 389. The van der Waals surface area contributed by atoms with Crippen molar-refractivity contribution in [3.8, 4) is 0 Å². The highest BCUT2D eigenvalue weighted by atomic mass is 79.9. The topological polar surface area (TPSA) is 12.0 Å². The van der Waals surface area contributed by atoms with Gasteiger partial charge in [-0.05, 0) is 49.6 Å². The molecule has 0 amide bonds. The summed E-state index contributed by atoms with van der Waals surface area (Å²) in [6, 6.07) is 7.20. The summed E-state index contributed by atoms with van der Waals surface area (Å²) in [5.74, 6) is 0. The van der Waals surface area contributed by atoms with Gasteiger partial charge in [0.1, 0.15) is 0 Å². The van der Waals surface area contributed by atoms with Crippen LogP contribution < -0.4 is 5.32 Å². The van der Waals surface area contributed by atoms with Crippen LogP contribution in [0.3, 0.4) is 0 Å². The van der Waals surface area contributed by atoms with Crippen molar-refractivity contribution in [1.82, 2.24) is 5.32 Å². The molecule has 0 saturated heterocycles. The molecule has 0 aliphatic rings. The molecule has 1 aromatic carbocycles. The van der Waals surface area contributed by atoms with Crippen molar-refractivity contribution in [3.63, 3.8) is 0 Å². The molecule has 1 nitrogen and oxygen atoms in total. The zero-order valence-electron chi connectivity index (χ0n) is 14.1. The van der Waals surface area contributed by atoms with Crippen LogP contribution in [0.5, 0.6) is 0 Å². The van der Waals surface area contributed by atoms with E-state index in [0.29, 0.717) is 6.04 Å². The second-order valence-electron chi connectivity index (χ2n) is 6.06. The van der Waals surface area contributed by atoms with Crippen LogP contribution in [0.4, 0.5) is 0 Å². The minimum atomic E-state index is 0.518. The molecular formula is C19H32BrN. The highest BCUT2D eigenvalue weighted by Gasteiger charge is 2.12. The van der Waals surface area contributed by atoms with Crippen molar-refractivity contribution >= 4 is 15.9 Å². The van der Waals surface area contributed by atoms with E-state index in [1.54, 1.807) is 0 Å². The summed E-state index contributed by atoms with van der Waals surface area (Å²) in [5.41, 5.74) is 2.86. The number of halogens is 1.